The molecule has 0 spiro atoms. The minimum Gasteiger partial charge on any atom is -0.484 e. The second kappa shape index (κ2) is 10.2. The summed E-state index contributed by atoms with van der Waals surface area (Å²) in [7, 11) is 0. The van der Waals surface area contributed by atoms with Crippen molar-refractivity contribution in [1.82, 2.24) is 15.5 Å². The number of alkyl halides is 3. The lowest BCUT2D eigenvalue weighted by Gasteiger charge is -2.28. The molecular formula is C19H21F4N3O4S. The van der Waals surface area contributed by atoms with Gasteiger partial charge in [0.15, 0.2) is 6.61 Å². The van der Waals surface area contributed by atoms with Gasteiger partial charge in [-0.3, -0.25) is 4.79 Å². The molecule has 31 heavy (non-hydrogen) atoms. The van der Waals surface area contributed by atoms with E-state index in [4.69, 9.17) is 14.2 Å². The Morgan fingerprint density at radius 2 is 2.10 bits per heavy atom. The smallest absolute Gasteiger partial charge is 0.419 e. The Kier molecular flexibility index (Phi) is 7.65. The highest BCUT2D eigenvalue weighted by molar-refractivity contribution is 7.13. The molecule has 1 amide bonds. The normalized spacial score (nSPS) is 19.1. The van der Waals surface area contributed by atoms with Crippen LogP contribution in [0.15, 0.2) is 18.2 Å². The van der Waals surface area contributed by atoms with E-state index in [9.17, 15) is 22.4 Å². The number of carbonyl (C=O) groups excluding carboxylic acids is 1. The maximum absolute atomic E-state index is 13.5. The van der Waals surface area contributed by atoms with E-state index in [0.717, 1.165) is 12.5 Å². The molecule has 1 fully saturated rings. The number of halogens is 4. The van der Waals surface area contributed by atoms with Crippen LogP contribution in [0.1, 0.15) is 42.9 Å². The monoisotopic (exact) mass is 463 g/mol. The largest absolute Gasteiger partial charge is 0.484 e. The van der Waals surface area contributed by atoms with Gasteiger partial charge in [-0.2, -0.15) is 13.2 Å². The molecule has 3 rings (SSSR count). The summed E-state index contributed by atoms with van der Waals surface area (Å²) in [6.07, 6.45) is -2.89. The molecule has 0 bridgehead atoms. The van der Waals surface area contributed by atoms with Crippen molar-refractivity contribution < 1.29 is 36.6 Å². The quantitative estimate of drug-likeness (QED) is 0.598. The van der Waals surface area contributed by atoms with Crippen LogP contribution in [0.4, 0.5) is 17.6 Å². The number of hydrogen-bond donors (Lipinski definition) is 1. The fourth-order valence-electron chi connectivity index (χ4n) is 2.89. The van der Waals surface area contributed by atoms with E-state index in [1.807, 2.05) is 6.92 Å². The fourth-order valence-corrected chi connectivity index (χ4v) is 3.69. The van der Waals surface area contributed by atoms with Gasteiger partial charge in [0.05, 0.1) is 24.8 Å². The van der Waals surface area contributed by atoms with Gasteiger partial charge < -0.3 is 19.5 Å². The van der Waals surface area contributed by atoms with Crippen LogP contribution in [-0.4, -0.2) is 42.0 Å². The first-order valence-electron chi connectivity index (χ1n) is 9.63. The lowest BCUT2D eigenvalue weighted by molar-refractivity contribution is -0.140. The number of amides is 1. The molecule has 2 atom stereocenters. The van der Waals surface area contributed by atoms with Gasteiger partial charge in [0.1, 0.15) is 22.7 Å². The standard InChI is InChI=1S/C19H21F4N3O4S/c1-2-7-28-18-26-25-17(31-18)15-6-3-11(9-30-15)24-16(27)10-29-12-4-5-13(14(20)8-12)19(21,22)23/h4-5,8,11,15H,2-3,6-7,9-10H2,1H3,(H,24,27)/t11-,15+/m0/s1. The molecule has 1 aliphatic heterocycles. The Labute approximate surface area is 179 Å². The van der Waals surface area contributed by atoms with E-state index in [2.05, 4.69) is 15.5 Å². The van der Waals surface area contributed by atoms with E-state index < -0.39 is 30.1 Å². The lowest BCUT2D eigenvalue weighted by atomic mass is 10.1. The van der Waals surface area contributed by atoms with Gasteiger partial charge in [0.2, 0.25) is 0 Å². The Balaban J connectivity index is 1.42. The van der Waals surface area contributed by atoms with Gasteiger partial charge in [0, 0.05) is 6.07 Å². The molecule has 0 aliphatic carbocycles. The van der Waals surface area contributed by atoms with Gasteiger partial charge in [-0.15, -0.1) is 5.10 Å². The zero-order chi connectivity index (χ0) is 22.4. The van der Waals surface area contributed by atoms with Crippen LogP contribution < -0.4 is 14.8 Å². The molecule has 0 saturated carbocycles. The molecule has 0 radical (unpaired) electrons. The van der Waals surface area contributed by atoms with E-state index in [1.54, 1.807) is 0 Å². The molecule has 1 aliphatic rings. The number of nitrogens with one attached hydrogen (secondary N) is 1. The summed E-state index contributed by atoms with van der Waals surface area (Å²) in [4.78, 5) is 12.0. The maximum Gasteiger partial charge on any atom is 0.419 e. The highest BCUT2D eigenvalue weighted by Crippen LogP contribution is 2.33. The number of benzene rings is 1. The first kappa shape index (κ1) is 23.2. The molecule has 1 aromatic carbocycles. The summed E-state index contributed by atoms with van der Waals surface area (Å²) >= 11 is 1.33. The predicted molar refractivity (Wildman–Crippen MR) is 102 cm³/mol. The zero-order valence-electron chi connectivity index (χ0n) is 16.6. The van der Waals surface area contributed by atoms with Crippen molar-refractivity contribution in [2.45, 2.75) is 44.5 Å². The summed E-state index contributed by atoms with van der Waals surface area (Å²) in [5.41, 5.74) is -1.39. The average Bonchev–Trinajstić information content (AvgIpc) is 3.19. The number of nitrogens with zero attached hydrogens (tertiary/aromatic N) is 2. The van der Waals surface area contributed by atoms with Crippen LogP contribution in [0.25, 0.3) is 0 Å². The fraction of sp³-hybridized carbons (Fsp3) is 0.526. The molecule has 1 N–H and O–H groups in total. The average molecular weight is 463 g/mol. The van der Waals surface area contributed by atoms with Gasteiger partial charge in [-0.25, -0.2) is 4.39 Å². The number of hydrogen-bond acceptors (Lipinski definition) is 7. The predicted octanol–water partition coefficient (Wildman–Crippen LogP) is 3.90. The minimum absolute atomic E-state index is 0.169. The summed E-state index contributed by atoms with van der Waals surface area (Å²) in [5.74, 6) is -2.12. The molecule has 1 aromatic heterocycles. The number of aromatic nitrogens is 2. The third-order valence-corrected chi connectivity index (χ3v) is 5.31. The molecular weight excluding hydrogens is 442 g/mol. The van der Waals surface area contributed by atoms with E-state index in [-0.39, 0.29) is 24.5 Å². The zero-order valence-corrected chi connectivity index (χ0v) is 17.4. The molecule has 1 saturated heterocycles. The van der Waals surface area contributed by atoms with Crippen molar-refractivity contribution in [3.8, 4) is 10.9 Å². The second-order valence-corrected chi connectivity index (χ2v) is 7.82. The first-order chi connectivity index (χ1) is 14.8. The van der Waals surface area contributed by atoms with Gasteiger partial charge in [-0.1, -0.05) is 23.4 Å². The van der Waals surface area contributed by atoms with Crippen molar-refractivity contribution >= 4 is 17.2 Å². The summed E-state index contributed by atoms with van der Waals surface area (Å²) in [6, 6.07) is 1.89. The second-order valence-electron chi connectivity index (χ2n) is 6.85. The van der Waals surface area contributed by atoms with Crippen LogP contribution in [0, 0.1) is 5.82 Å². The number of carbonyl (C=O) groups is 1. The molecule has 7 nitrogen and oxygen atoms in total. The van der Waals surface area contributed by atoms with Crippen LogP contribution in [-0.2, 0) is 15.7 Å². The van der Waals surface area contributed by atoms with Crippen LogP contribution in [0.3, 0.4) is 0 Å². The van der Waals surface area contributed by atoms with E-state index in [0.29, 0.717) is 41.8 Å². The van der Waals surface area contributed by atoms with E-state index in [1.165, 1.54) is 11.3 Å². The molecule has 12 heteroatoms. The van der Waals surface area contributed by atoms with Crippen LogP contribution in [0.5, 0.6) is 10.9 Å². The third-order valence-electron chi connectivity index (χ3n) is 4.38. The van der Waals surface area contributed by atoms with Crippen molar-refractivity contribution in [2.24, 2.45) is 0 Å². The van der Waals surface area contributed by atoms with Crippen LogP contribution in [0.2, 0.25) is 0 Å². The Morgan fingerprint density at radius 1 is 1.29 bits per heavy atom. The molecule has 170 valence electrons. The number of rotatable bonds is 8. The Hall–Kier alpha value is -2.47. The SMILES string of the molecule is CCCOc1nnc([C@H]2CC[C@H](NC(=O)COc3ccc(C(F)(F)F)c(F)c3)CO2)s1. The summed E-state index contributed by atoms with van der Waals surface area (Å²) in [6.45, 7) is 2.36. The van der Waals surface area contributed by atoms with Gasteiger partial charge >= 0.3 is 6.18 Å². The van der Waals surface area contributed by atoms with Crippen molar-refractivity contribution in [3.05, 3.63) is 34.6 Å². The van der Waals surface area contributed by atoms with E-state index >= 15 is 0 Å². The molecule has 0 unspecified atom stereocenters. The minimum atomic E-state index is -4.79. The summed E-state index contributed by atoms with van der Waals surface area (Å²) < 4.78 is 67.5. The van der Waals surface area contributed by atoms with Crippen molar-refractivity contribution in [1.29, 1.82) is 0 Å². The van der Waals surface area contributed by atoms with Gasteiger partial charge in [0.25, 0.3) is 11.1 Å². The third kappa shape index (κ3) is 6.50. The highest BCUT2D eigenvalue weighted by atomic mass is 32.1. The molecule has 2 aromatic rings. The highest BCUT2D eigenvalue weighted by Gasteiger charge is 2.34. The summed E-state index contributed by atoms with van der Waals surface area (Å²) in [5, 5.41) is 12.0. The lowest BCUT2D eigenvalue weighted by Crippen LogP contribution is -2.43. The van der Waals surface area contributed by atoms with Crippen molar-refractivity contribution in [2.75, 3.05) is 19.8 Å². The van der Waals surface area contributed by atoms with Crippen LogP contribution >= 0.6 is 11.3 Å². The number of ether oxygens (including phenoxy) is 3. The molecule has 2 heterocycles. The first-order valence-corrected chi connectivity index (χ1v) is 10.4. The Bertz CT molecular complexity index is 885. The maximum atomic E-state index is 13.5. The topological polar surface area (TPSA) is 82.6 Å². The van der Waals surface area contributed by atoms with Crippen molar-refractivity contribution in [3.63, 3.8) is 0 Å². The van der Waals surface area contributed by atoms with Gasteiger partial charge in [-0.05, 0) is 31.4 Å². The Morgan fingerprint density at radius 3 is 2.74 bits per heavy atom.